The number of hydrogen-bond acceptors (Lipinski definition) is 3. The molecule has 0 radical (unpaired) electrons. The zero-order valence-corrected chi connectivity index (χ0v) is 18.7. The smallest absolute Gasteiger partial charge is 0.251 e. The van der Waals surface area contributed by atoms with E-state index >= 15 is 0 Å². The maximum atomic E-state index is 12.5. The number of nitrogens with one attached hydrogen (secondary N) is 3. The first kappa shape index (κ1) is 22.6. The van der Waals surface area contributed by atoms with Crippen LogP contribution in [0.3, 0.4) is 0 Å². The van der Waals surface area contributed by atoms with Gasteiger partial charge in [0, 0.05) is 38.3 Å². The first-order chi connectivity index (χ1) is 14.5. The van der Waals surface area contributed by atoms with Crippen molar-refractivity contribution in [1.29, 1.82) is 0 Å². The molecule has 2 aliphatic rings. The standard InChI is InChI=1S/C24H38N4O2/c1-17(2)19-9-11-21(12-10-19)28-24(25-3)27-15-18-6-4-7-20(14-18)23(29)26-16-22-8-5-13-30-22/h4,6-7,14,17,19,21-22H,5,8-13,15-16H2,1-3H3,(H,26,29)(H2,25,27,28). The number of hydrogen-bond donors (Lipinski definition) is 3. The minimum atomic E-state index is -0.0447. The number of carbonyl (C=O) groups is 1. The number of rotatable bonds is 7. The quantitative estimate of drug-likeness (QED) is 0.472. The Morgan fingerprint density at radius 1 is 1.17 bits per heavy atom. The Labute approximate surface area is 181 Å². The lowest BCUT2D eigenvalue weighted by molar-refractivity contribution is 0.0857. The number of amides is 1. The van der Waals surface area contributed by atoms with Gasteiger partial charge < -0.3 is 20.7 Å². The van der Waals surface area contributed by atoms with Crippen molar-refractivity contribution in [2.75, 3.05) is 20.2 Å². The van der Waals surface area contributed by atoms with Gasteiger partial charge >= 0.3 is 0 Å². The third kappa shape index (κ3) is 6.73. The SMILES string of the molecule is CN=C(NCc1cccc(C(=O)NCC2CCCO2)c1)NC1CCC(C(C)C)CC1. The molecular weight excluding hydrogens is 376 g/mol. The molecular formula is C24H38N4O2. The maximum Gasteiger partial charge on any atom is 0.251 e. The van der Waals surface area contributed by atoms with E-state index in [-0.39, 0.29) is 12.0 Å². The molecule has 3 N–H and O–H groups in total. The van der Waals surface area contributed by atoms with E-state index in [9.17, 15) is 4.79 Å². The number of carbonyl (C=O) groups excluding carboxylic acids is 1. The van der Waals surface area contributed by atoms with Crippen LogP contribution in [0.15, 0.2) is 29.3 Å². The molecule has 30 heavy (non-hydrogen) atoms. The second kappa shape index (κ2) is 11.3. The molecule has 1 aromatic carbocycles. The minimum Gasteiger partial charge on any atom is -0.376 e. The Hall–Kier alpha value is -2.08. The molecule has 1 heterocycles. The van der Waals surface area contributed by atoms with E-state index in [0.717, 1.165) is 42.8 Å². The van der Waals surface area contributed by atoms with Crippen LogP contribution in [0.5, 0.6) is 0 Å². The Bertz CT molecular complexity index is 705. The summed E-state index contributed by atoms with van der Waals surface area (Å²) in [5, 5.41) is 9.96. The Balaban J connectivity index is 1.45. The molecule has 1 aromatic rings. The van der Waals surface area contributed by atoms with Gasteiger partial charge in [0.05, 0.1) is 6.10 Å². The van der Waals surface area contributed by atoms with Crippen molar-refractivity contribution in [3.05, 3.63) is 35.4 Å². The number of benzene rings is 1. The Kier molecular flexibility index (Phi) is 8.55. The van der Waals surface area contributed by atoms with Gasteiger partial charge in [0.25, 0.3) is 5.91 Å². The molecule has 3 rings (SSSR count). The molecule has 1 amide bonds. The third-order valence-corrected chi connectivity index (χ3v) is 6.44. The lowest BCUT2D eigenvalue weighted by Gasteiger charge is -2.32. The van der Waals surface area contributed by atoms with Crippen LogP contribution in [-0.4, -0.2) is 44.2 Å². The fourth-order valence-electron chi connectivity index (χ4n) is 4.44. The molecule has 166 valence electrons. The van der Waals surface area contributed by atoms with Crippen LogP contribution in [0.2, 0.25) is 0 Å². The fourth-order valence-corrected chi connectivity index (χ4v) is 4.44. The second-order valence-electron chi connectivity index (χ2n) is 8.97. The van der Waals surface area contributed by atoms with Gasteiger partial charge in [-0.3, -0.25) is 9.79 Å². The summed E-state index contributed by atoms with van der Waals surface area (Å²) in [6, 6.07) is 8.25. The third-order valence-electron chi connectivity index (χ3n) is 6.44. The van der Waals surface area contributed by atoms with Crippen LogP contribution in [0, 0.1) is 11.8 Å². The van der Waals surface area contributed by atoms with Crippen molar-refractivity contribution in [2.24, 2.45) is 16.8 Å². The summed E-state index contributed by atoms with van der Waals surface area (Å²) in [6.45, 7) is 6.67. The van der Waals surface area contributed by atoms with E-state index in [0.29, 0.717) is 24.7 Å². The lowest BCUT2D eigenvalue weighted by atomic mass is 9.80. The summed E-state index contributed by atoms with van der Waals surface area (Å²) >= 11 is 0. The van der Waals surface area contributed by atoms with Gasteiger partial charge in [-0.25, -0.2) is 0 Å². The highest BCUT2D eigenvalue weighted by atomic mass is 16.5. The molecule has 2 fully saturated rings. The van der Waals surface area contributed by atoms with Gasteiger partial charge in [-0.2, -0.15) is 0 Å². The summed E-state index contributed by atoms with van der Waals surface area (Å²) in [6.07, 6.45) is 7.23. The predicted molar refractivity (Wildman–Crippen MR) is 122 cm³/mol. The molecule has 1 saturated carbocycles. The summed E-state index contributed by atoms with van der Waals surface area (Å²) < 4.78 is 5.58. The maximum absolute atomic E-state index is 12.5. The average molecular weight is 415 g/mol. The molecule has 1 aliphatic carbocycles. The summed E-state index contributed by atoms with van der Waals surface area (Å²) in [7, 11) is 1.81. The molecule has 1 aliphatic heterocycles. The molecule has 6 nitrogen and oxygen atoms in total. The zero-order chi connectivity index (χ0) is 21.3. The first-order valence-electron chi connectivity index (χ1n) is 11.5. The van der Waals surface area contributed by atoms with Gasteiger partial charge in [0.2, 0.25) is 0 Å². The Morgan fingerprint density at radius 3 is 2.63 bits per heavy atom. The van der Waals surface area contributed by atoms with Gasteiger partial charge in [-0.15, -0.1) is 0 Å². The average Bonchev–Trinajstić information content (AvgIpc) is 3.29. The van der Waals surface area contributed by atoms with Gasteiger partial charge in [-0.05, 0) is 68.1 Å². The fraction of sp³-hybridized carbons (Fsp3) is 0.667. The van der Waals surface area contributed by atoms with Crippen molar-refractivity contribution < 1.29 is 9.53 Å². The van der Waals surface area contributed by atoms with Crippen molar-refractivity contribution in [3.8, 4) is 0 Å². The Morgan fingerprint density at radius 2 is 1.97 bits per heavy atom. The van der Waals surface area contributed by atoms with E-state index in [2.05, 4.69) is 34.8 Å². The first-order valence-corrected chi connectivity index (χ1v) is 11.5. The van der Waals surface area contributed by atoms with Crippen LogP contribution in [0.1, 0.15) is 68.3 Å². The van der Waals surface area contributed by atoms with Crippen molar-refractivity contribution >= 4 is 11.9 Å². The number of nitrogens with zero attached hydrogens (tertiary/aromatic N) is 1. The summed E-state index contributed by atoms with van der Waals surface area (Å²) in [5.74, 6) is 2.42. The highest BCUT2D eigenvalue weighted by Gasteiger charge is 2.23. The molecule has 0 spiro atoms. The van der Waals surface area contributed by atoms with Gasteiger partial charge in [0.1, 0.15) is 0 Å². The molecule has 1 atom stereocenters. The van der Waals surface area contributed by atoms with Crippen LogP contribution in [-0.2, 0) is 11.3 Å². The lowest BCUT2D eigenvalue weighted by Crippen LogP contribution is -2.44. The topological polar surface area (TPSA) is 74.8 Å². The molecule has 1 unspecified atom stereocenters. The normalized spacial score (nSPS) is 24.7. The number of guanidine groups is 1. The molecule has 1 saturated heterocycles. The van der Waals surface area contributed by atoms with Crippen molar-refractivity contribution in [3.63, 3.8) is 0 Å². The monoisotopic (exact) mass is 414 g/mol. The molecule has 0 aromatic heterocycles. The summed E-state index contributed by atoms with van der Waals surface area (Å²) in [4.78, 5) is 16.8. The molecule has 6 heteroatoms. The van der Waals surface area contributed by atoms with E-state index in [1.54, 1.807) is 0 Å². The minimum absolute atomic E-state index is 0.0447. The predicted octanol–water partition coefficient (Wildman–Crippen LogP) is 3.48. The van der Waals surface area contributed by atoms with Crippen LogP contribution < -0.4 is 16.0 Å². The van der Waals surface area contributed by atoms with Gasteiger partial charge in [0.15, 0.2) is 5.96 Å². The van der Waals surface area contributed by atoms with E-state index in [1.807, 2.05) is 31.3 Å². The van der Waals surface area contributed by atoms with Crippen LogP contribution in [0.4, 0.5) is 0 Å². The molecule has 0 bridgehead atoms. The number of ether oxygens (including phenoxy) is 1. The highest BCUT2D eigenvalue weighted by molar-refractivity contribution is 5.94. The largest absolute Gasteiger partial charge is 0.376 e. The second-order valence-corrected chi connectivity index (χ2v) is 8.97. The van der Waals surface area contributed by atoms with E-state index < -0.39 is 0 Å². The number of aliphatic imine (C=N–C) groups is 1. The van der Waals surface area contributed by atoms with Crippen LogP contribution in [0.25, 0.3) is 0 Å². The van der Waals surface area contributed by atoms with Gasteiger partial charge in [-0.1, -0.05) is 26.0 Å². The van der Waals surface area contributed by atoms with E-state index in [1.165, 1.54) is 25.7 Å². The van der Waals surface area contributed by atoms with Crippen molar-refractivity contribution in [2.45, 2.75) is 71.1 Å². The summed E-state index contributed by atoms with van der Waals surface area (Å²) in [5.41, 5.74) is 1.74. The zero-order valence-electron chi connectivity index (χ0n) is 18.7. The van der Waals surface area contributed by atoms with Crippen molar-refractivity contribution in [1.82, 2.24) is 16.0 Å². The highest BCUT2D eigenvalue weighted by Crippen LogP contribution is 2.29. The van der Waals surface area contributed by atoms with Crippen LogP contribution >= 0.6 is 0 Å². The van der Waals surface area contributed by atoms with E-state index in [4.69, 9.17) is 4.74 Å².